The fraction of sp³-hybridized carbons (Fsp3) is 0.364. The Balaban J connectivity index is 1.54. The molecule has 0 spiro atoms. The van der Waals surface area contributed by atoms with Gasteiger partial charge in [0.1, 0.15) is 11.5 Å². The second-order valence-electron chi connectivity index (χ2n) is 7.52. The molecule has 0 radical (unpaired) electrons. The van der Waals surface area contributed by atoms with Crippen LogP contribution in [0.15, 0.2) is 48.5 Å². The summed E-state index contributed by atoms with van der Waals surface area (Å²) in [6.07, 6.45) is 1.76. The molecule has 1 heterocycles. The predicted octanol–water partition coefficient (Wildman–Crippen LogP) is 2.51. The van der Waals surface area contributed by atoms with Crippen molar-refractivity contribution in [3.05, 3.63) is 59.7 Å². The highest BCUT2D eigenvalue weighted by Gasteiger charge is 2.26. The van der Waals surface area contributed by atoms with E-state index in [0.717, 1.165) is 0 Å². The minimum atomic E-state index is -3.25. The van der Waals surface area contributed by atoms with Gasteiger partial charge in [0.05, 0.1) is 5.75 Å². The third-order valence-corrected chi connectivity index (χ3v) is 6.72. The Morgan fingerprint density at radius 1 is 1.00 bits per heavy atom. The average molecular weight is 446 g/mol. The van der Waals surface area contributed by atoms with E-state index in [9.17, 15) is 18.0 Å². The summed E-state index contributed by atoms with van der Waals surface area (Å²) in [4.78, 5) is 25.6. The molecule has 1 aliphatic heterocycles. The molecule has 1 fully saturated rings. The molecule has 1 aliphatic rings. The van der Waals surface area contributed by atoms with Crippen molar-refractivity contribution in [3.63, 3.8) is 0 Å². The van der Waals surface area contributed by atoms with E-state index in [2.05, 4.69) is 4.72 Å². The van der Waals surface area contributed by atoms with Crippen LogP contribution in [0.2, 0.25) is 0 Å². The molecule has 166 valence electrons. The summed E-state index contributed by atoms with van der Waals surface area (Å²) < 4.78 is 32.3. The minimum Gasteiger partial charge on any atom is -0.457 e. The largest absolute Gasteiger partial charge is 0.457 e. The molecule has 3 rings (SSSR count). The first-order valence-electron chi connectivity index (χ1n) is 10.2. The van der Waals surface area contributed by atoms with Gasteiger partial charge in [-0.3, -0.25) is 9.59 Å². The summed E-state index contributed by atoms with van der Waals surface area (Å²) in [7, 11) is -3.25. The number of likely N-dealkylation sites (tertiary alicyclic amines) is 1. The minimum absolute atomic E-state index is 0.0905. The zero-order chi connectivity index (χ0) is 22.4. The third kappa shape index (κ3) is 6.28. The first-order chi connectivity index (χ1) is 14.8. The molecular formula is C22H27N3O5S. The van der Waals surface area contributed by atoms with Gasteiger partial charge in [0, 0.05) is 30.3 Å². The fourth-order valence-electron chi connectivity index (χ4n) is 3.45. The Bertz CT molecular complexity index is 1010. The topological polar surface area (TPSA) is 119 Å². The predicted molar refractivity (Wildman–Crippen MR) is 118 cm³/mol. The van der Waals surface area contributed by atoms with Crippen molar-refractivity contribution in [2.24, 2.45) is 5.73 Å². The van der Waals surface area contributed by atoms with Crippen LogP contribution in [0.25, 0.3) is 0 Å². The van der Waals surface area contributed by atoms with Crippen molar-refractivity contribution < 1.29 is 22.7 Å². The van der Waals surface area contributed by atoms with E-state index in [4.69, 9.17) is 10.5 Å². The molecule has 0 aromatic heterocycles. The van der Waals surface area contributed by atoms with Gasteiger partial charge in [0.2, 0.25) is 15.9 Å². The summed E-state index contributed by atoms with van der Waals surface area (Å²) in [5.74, 6) is 0.642. The van der Waals surface area contributed by atoms with E-state index in [1.807, 2.05) is 6.92 Å². The Morgan fingerprint density at radius 2 is 1.52 bits per heavy atom. The number of hydrogen-bond acceptors (Lipinski definition) is 5. The standard InChI is InChI=1S/C22H27N3O5S/c1-2-15-31(28,29)24-18-11-13-25(14-12-18)22(27)17-5-9-20(10-6-17)30-19-7-3-16(4-8-19)21(23)26/h3-10,18,24H,2,11-15H2,1H3,(H2,23,26). The van der Waals surface area contributed by atoms with Crippen molar-refractivity contribution in [1.82, 2.24) is 9.62 Å². The van der Waals surface area contributed by atoms with Crippen LogP contribution in [0.5, 0.6) is 11.5 Å². The van der Waals surface area contributed by atoms with Crippen molar-refractivity contribution in [1.29, 1.82) is 0 Å². The molecule has 3 N–H and O–H groups in total. The molecule has 9 heteroatoms. The van der Waals surface area contributed by atoms with Gasteiger partial charge in [0.25, 0.3) is 5.91 Å². The zero-order valence-corrected chi connectivity index (χ0v) is 18.2. The molecule has 0 saturated carbocycles. The van der Waals surface area contributed by atoms with Gasteiger partial charge in [-0.25, -0.2) is 13.1 Å². The Morgan fingerprint density at radius 3 is 2.00 bits per heavy atom. The van der Waals surface area contributed by atoms with Gasteiger partial charge < -0.3 is 15.4 Å². The number of hydrogen-bond donors (Lipinski definition) is 2. The number of sulfonamides is 1. The number of carbonyl (C=O) groups excluding carboxylic acids is 2. The molecule has 0 unspecified atom stereocenters. The maximum Gasteiger partial charge on any atom is 0.253 e. The molecule has 2 aromatic carbocycles. The lowest BCUT2D eigenvalue weighted by molar-refractivity contribution is 0.0711. The molecular weight excluding hydrogens is 418 g/mol. The molecule has 2 aromatic rings. The molecule has 1 saturated heterocycles. The summed E-state index contributed by atoms with van der Waals surface area (Å²) in [5, 5.41) is 0. The van der Waals surface area contributed by atoms with Crippen molar-refractivity contribution in [2.45, 2.75) is 32.2 Å². The average Bonchev–Trinajstić information content (AvgIpc) is 2.74. The van der Waals surface area contributed by atoms with Crippen LogP contribution in [0.4, 0.5) is 0 Å². The highest BCUT2D eigenvalue weighted by atomic mass is 32.2. The highest BCUT2D eigenvalue weighted by molar-refractivity contribution is 7.89. The maximum absolute atomic E-state index is 12.8. The van der Waals surface area contributed by atoms with E-state index < -0.39 is 15.9 Å². The smallest absolute Gasteiger partial charge is 0.253 e. The van der Waals surface area contributed by atoms with E-state index in [0.29, 0.717) is 55.0 Å². The number of nitrogens with one attached hydrogen (secondary N) is 1. The first-order valence-corrected chi connectivity index (χ1v) is 11.9. The first kappa shape index (κ1) is 22.8. The summed E-state index contributed by atoms with van der Waals surface area (Å²) in [6, 6.07) is 13.2. The van der Waals surface area contributed by atoms with E-state index in [-0.39, 0.29) is 17.7 Å². The quantitative estimate of drug-likeness (QED) is 0.647. The molecule has 0 aliphatic carbocycles. The van der Waals surface area contributed by atoms with Gasteiger partial charge in [-0.05, 0) is 67.8 Å². The molecule has 0 atom stereocenters. The van der Waals surface area contributed by atoms with Crippen LogP contribution in [-0.4, -0.2) is 50.0 Å². The Kier molecular flexibility index (Phi) is 7.29. The van der Waals surface area contributed by atoms with Crippen molar-refractivity contribution in [3.8, 4) is 11.5 Å². The van der Waals surface area contributed by atoms with E-state index in [1.165, 1.54) is 0 Å². The Hall–Kier alpha value is -2.91. The number of piperidine rings is 1. The lowest BCUT2D eigenvalue weighted by Crippen LogP contribution is -2.46. The van der Waals surface area contributed by atoms with Crippen LogP contribution >= 0.6 is 0 Å². The normalized spacial score (nSPS) is 14.9. The van der Waals surface area contributed by atoms with Gasteiger partial charge >= 0.3 is 0 Å². The highest BCUT2D eigenvalue weighted by Crippen LogP contribution is 2.23. The second-order valence-corrected chi connectivity index (χ2v) is 9.39. The zero-order valence-electron chi connectivity index (χ0n) is 17.4. The number of nitrogens with zero attached hydrogens (tertiary/aromatic N) is 1. The Labute approximate surface area is 182 Å². The van der Waals surface area contributed by atoms with E-state index >= 15 is 0 Å². The monoisotopic (exact) mass is 445 g/mol. The number of amides is 2. The van der Waals surface area contributed by atoms with Crippen LogP contribution in [0.1, 0.15) is 46.9 Å². The molecule has 2 amide bonds. The number of ether oxygens (including phenoxy) is 1. The van der Waals surface area contributed by atoms with Crippen LogP contribution in [-0.2, 0) is 10.0 Å². The number of primary amides is 1. The molecule has 0 bridgehead atoms. The van der Waals surface area contributed by atoms with Crippen LogP contribution in [0.3, 0.4) is 0 Å². The number of nitrogens with two attached hydrogens (primary N) is 1. The third-order valence-electron chi connectivity index (χ3n) is 5.08. The van der Waals surface area contributed by atoms with Crippen LogP contribution in [0, 0.1) is 0 Å². The van der Waals surface area contributed by atoms with E-state index in [1.54, 1.807) is 53.4 Å². The fourth-order valence-corrected chi connectivity index (χ4v) is 4.85. The van der Waals surface area contributed by atoms with Crippen molar-refractivity contribution >= 4 is 21.8 Å². The maximum atomic E-state index is 12.8. The number of rotatable bonds is 8. The van der Waals surface area contributed by atoms with Gasteiger partial charge in [0.15, 0.2) is 0 Å². The lowest BCUT2D eigenvalue weighted by atomic mass is 10.0. The van der Waals surface area contributed by atoms with Crippen molar-refractivity contribution in [2.75, 3.05) is 18.8 Å². The SMILES string of the molecule is CCCS(=O)(=O)NC1CCN(C(=O)c2ccc(Oc3ccc(C(N)=O)cc3)cc2)CC1. The lowest BCUT2D eigenvalue weighted by Gasteiger charge is -2.32. The second kappa shape index (κ2) is 9.93. The molecule has 8 nitrogen and oxygen atoms in total. The van der Waals surface area contributed by atoms with Gasteiger partial charge in [-0.1, -0.05) is 6.92 Å². The summed E-state index contributed by atoms with van der Waals surface area (Å²) in [5.41, 5.74) is 6.16. The summed E-state index contributed by atoms with van der Waals surface area (Å²) >= 11 is 0. The number of carbonyl (C=O) groups is 2. The summed E-state index contributed by atoms with van der Waals surface area (Å²) in [6.45, 7) is 2.83. The van der Waals surface area contributed by atoms with Gasteiger partial charge in [-0.15, -0.1) is 0 Å². The number of benzene rings is 2. The molecule has 31 heavy (non-hydrogen) atoms. The van der Waals surface area contributed by atoms with Gasteiger partial charge in [-0.2, -0.15) is 0 Å². The van der Waals surface area contributed by atoms with Crippen LogP contribution < -0.4 is 15.2 Å².